The number of nitrogens with zero attached hydrogens (tertiary/aromatic N) is 1. The maximum Gasteiger partial charge on any atom is 0.125 e. The maximum absolute atomic E-state index is 13.1. The first-order valence-electron chi connectivity index (χ1n) is 4.73. The fourth-order valence-corrected chi connectivity index (χ4v) is 1.45. The van der Waals surface area contributed by atoms with E-state index in [0.717, 1.165) is 11.3 Å². The summed E-state index contributed by atoms with van der Waals surface area (Å²) in [4.78, 5) is 6.74. The maximum atomic E-state index is 13.1. The predicted octanol–water partition coefficient (Wildman–Crippen LogP) is 2.02. The number of hydrogen-bond acceptors (Lipinski definition) is 3. The minimum atomic E-state index is -0.632. The van der Waals surface area contributed by atoms with Crippen LogP contribution in [0, 0.1) is 5.82 Å². The van der Waals surface area contributed by atoms with E-state index in [1.807, 2.05) is 32.8 Å². The van der Waals surface area contributed by atoms with Crippen LogP contribution in [0.2, 0.25) is 0 Å². The van der Waals surface area contributed by atoms with Crippen LogP contribution in [0.5, 0.6) is 0 Å². The fraction of sp³-hybridized carbons (Fsp3) is 0.455. The molecule has 0 heterocycles. The van der Waals surface area contributed by atoms with Crippen LogP contribution >= 0.6 is 0 Å². The zero-order chi connectivity index (χ0) is 11.6. The number of nitrogens with two attached hydrogens (primary N) is 1. The van der Waals surface area contributed by atoms with Crippen LogP contribution in [0.15, 0.2) is 18.2 Å². The van der Waals surface area contributed by atoms with E-state index in [1.54, 1.807) is 6.07 Å². The predicted molar refractivity (Wildman–Crippen MR) is 59.0 cm³/mol. The van der Waals surface area contributed by atoms with Crippen molar-refractivity contribution in [3.8, 4) is 0 Å². The van der Waals surface area contributed by atoms with Crippen molar-refractivity contribution in [1.29, 1.82) is 0 Å². The normalized spacial score (nSPS) is 11.6. The van der Waals surface area contributed by atoms with E-state index in [1.165, 1.54) is 12.1 Å². The Morgan fingerprint density at radius 2 is 1.93 bits per heavy atom. The molecule has 0 radical (unpaired) electrons. The van der Waals surface area contributed by atoms with E-state index < -0.39 is 5.60 Å². The van der Waals surface area contributed by atoms with Gasteiger partial charge in [-0.1, -0.05) is 6.07 Å². The average Bonchev–Trinajstić information content (AvgIpc) is 2.17. The fourth-order valence-electron chi connectivity index (χ4n) is 1.45. The first-order valence-corrected chi connectivity index (χ1v) is 4.73. The van der Waals surface area contributed by atoms with Crippen LogP contribution in [-0.2, 0) is 10.4 Å². The molecule has 0 amide bonds. The Morgan fingerprint density at radius 3 is 2.40 bits per heavy atom. The van der Waals surface area contributed by atoms with Crippen LogP contribution in [0.1, 0.15) is 19.4 Å². The molecule has 0 saturated heterocycles. The van der Waals surface area contributed by atoms with Crippen molar-refractivity contribution in [2.75, 3.05) is 19.0 Å². The highest BCUT2D eigenvalue weighted by atomic mass is 19.1. The van der Waals surface area contributed by atoms with Gasteiger partial charge in [0.05, 0.1) is 0 Å². The third kappa shape index (κ3) is 2.46. The third-order valence-corrected chi connectivity index (χ3v) is 2.38. The molecule has 0 bridgehead atoms. The quantitative estimate of drug-likeness (QED) is 0.779. The number of benzene rings is 1. The number of halogens is 1. The highest BCUT2D eigenvalue weighted by molar-refractivity contribution is 5.55. The standard InChI is InChI=1S/C11H17FN2O/c1-11(2,15-13)9-6-5-8(12)7-10(9)14(3)4/h5-7H,13H2,1-4H3. The molecule has 0 aliphatic heterocycles. The lowest BCUT2D eigenvalue weighted by Crippen LogP contribution is -2.28. The lowest BCUT2D eigenvalue weighted by Gasteiger charge is -2.28. The Balaban J connectivity index is 3.29. The van der Waals surface area contributed by atoms with E-state index >= 15 is 0 Å². The first-order chi connectivity index (χ1) is 6.88. The molecular formula is C11H17FN2O. The summed E-state index contributed by atoms with van der Waals surface area (Å²) in [7, 11) is 3.70. The van der Waals surface area contributed by atoms with Crippen molar-refractivity contribution >= 4 is 5.69 Å². The van der Waals surface area contributed by atoms with Gasteiger partial charge < -0.3 is 4.90 Å². The Bertz CT molecular complexity index is 350. The van der Waals surface area contributed by atoms with E-state index in [4.69, 9.17) is 10.7 Å². The molecule has 2 N–H and O–H groups in total. The second-order valence-corrected chi connectivity index (χ2v) is 4.18. The van der Waals surface area contributed by atoms with Gasteiger partial charge in [-0.15, -0.1) is 0 Å². The molecule has 1 rings (SSSR count). The van der Waals surface area contributed by atoms with Gasteiger partial charge in [0, 0.05) is 25.3 Å². The summed E-state index contributed by atoms with van der Waals surface area (Å²) in [6.45, 7) is 3.68. The molecule has 3 nitrogen and oxygen atoms in total. The van der Waals surface area contributed by atoms with Crippen molar-refractivity contribution in [3.63, 3.8) is 0 Å². The van der Waals surface area contributed by atoms with E-state index in [2.05, 4.69) is 0 Å². The molecule has 0 aliphatic rings. The molecule has 0 atom stereocenters. The van der Waals surface area contributed by atoms with Gasteiger partial charge in [0.1, 0.15) is 11.4 Å². The number of rotatable bonds is 3. The summed E-state index contributed by atoms with van der Waals surface area (Å²) in [5.41, 5.74) is 0.995. The summed E-state index contributed by atoms with van der Waals surface area (Å²) in [6, 6.07) is 4.57. The van der Waals surface area contributed by atoms with Crippen LogP contribution in [0.3, 0.4) is 0 Å². The Labute approximate surface area is 89.6 Å². The van der Waals surface area contributed by atoms with Crippen LogP contribution in [-0.4, -0.2) is 14.1 Å². The smallest absolute Gasteiger partial charge is 0.125 e. The first kappa shape index (κ1) is 11.9. The molecule has 4 heteroatoms. The van der Waals surface area contributed by atoms with Crippen LogP contribution in [0.4, 0.5) is 10.1 Å². The number of anilines is 1. The van der Waals surface area contributed by atoms with E-state index in [-0.39, 0.29) is 5.82 Å². The third-order valence-electron chi connectivity index (χ3n) is 2.38. The molecule has 0 aliphatic carbocycles. The summed E-state index contributed by atoms with van der Waals surface area (Å²) >= 11 is 0. The Hall–Kier alpha value is -1.13. The zero-order valence-electron chi connectivity index (χ0n) is 9.54. The molecule has 0 aromatic heterocycles. The van der Waals surface area contributed by atoms with Gasteiger partial charge in [0.2, 0.25) is 0 Å². The molecule has 1 aromatic rings. The van der Waals surface area contributed by atoms with Crippen molar-refractivity contribution in [2.45, 2.75) is 19.4 Å². The minimum absolute atomic E-state index is 0.268. The second-order valence-electron chi connectivity index (χ2n) is 4.18. The van der Waals surface area contributed by atoms with Gasteiger partial charge >= 0.3 is 0 Å². The molecule has 15 heavy (non-hydrogen) atoms. The van der Waals surface area contributed by atoms with Crippen molar-refractivity contribution in [3.05, 3.63) is 29.6 Å². The molecule has 0 fully saturated rings. The van der Waals surface area contributed by atoms with E-state index in [9.17, 15) is 4.39 Å². The van der Waals surface area contributed by atoms with Gasteiger partial charge in [-0.05, 0) is 26.0 Å². The highest BCUT2D eigenvalue weighted by Crippen LogP contribution is 2.31. The van der Waals surface area contributed by atoms with Crippen molar-refractivity contribution in [1.82, 2.24) is 0 Å². The van der Waals surface area contributed by atoms with Gasteiger partial charge in [0.15, 0.2) is 0 Å². The minimum Gasteiger partial charge on any atom is -0.377 e. The number of hydrogen-bond donors (Lipinski definition) is 1. The monoisotopic (exact) mass is 212 g/mol. The SMILES string of the molecule is CN(C)c1cc(F)ccc1C(C)(C)ON. The Kier molecular flexibility index (Phi) is 3.31. The molecule has 1 aromatic carbocycles. The summed E-state index contributed by atoms with van der Waals surface area (Å²) in [6.07, 6.45) is 0. The Morgan fingerprint density at radius 1 is 1.33 bits per heavy atom. The lowest BCUT2D eigenvalue weighted by molar-refractivity contribution is -0.0232. The van der Waals surface area contributed by atoms with Crippen molar-refractivity contribution < 1.29 is 9.23 Å². The second kappa shape index (κ2) is 4.16. The summed E-state index contributed by atoms with van der Waals surface area (Å²) in [5, 5.41) is 0. The molecule has 0 saturated carbocycles. The highest BCUT2D eigenvalue weighted by Gasteiger charge is 2.24. The van der Waals surface area contributed by atoms with Gasteiger partial charge in [-0.25, -0.2) is 10.3 Å². The lowest BCUT2D eigenvalue weighted by atomic mass is 9.96. The topological polar surface area (TPSA) is 38.5 Å². The van der Waals surface area contributed by atoms with Crippen molar-refractivity contribution in [2.24, 2.45) is 5.90 Å². The van der Waals surface area contributed by atoms with E-state index in [0.29, 0.717) is 0 Å². The van der Waals surface area contributed by atoms with Gasteiger partial charge in [-0.2, -0.15) is 0 Å². The van der Waals surface area contributed by atoms with Gasteiger partial charge in [0.25, 0.3) is 0 Å². The van der Waals surface area contributed by atoms with Crippen LogP contribution in [0.25, 0.3) is 0 Å². The zero-order valence-corrected chi connectivity index (χ0v) is 9.54. The molecule has 0 spiro atoms. The molecule has 84 valence electrons. The molecular weight excluding hydrogens is 195 g/mol. The van der Waals surface area contributed by atoms with Gasteiger partial charge in [-0.3, -0.25) is 4.84 Å². The summed E-state index contributed by atoms with van der Waals surface area (Å²) in [5.74, 6) is 4.96. The molecule has 0 unspecified atom stereocenters. The largest absolute Gasteiger partial charge is 0.377 e. The average molecular weight is 212 g/mol. The summed E-state index contributed by atoms with van der Waals surface area (Å²) < 4.78 is 13.1. The van der Waals surface area contributed by atoms with Crippen LogP contribution < -0.4 is 10.8 Å².